The molecular formula is C12H12FN3O. The highest BCUT2D eigenvalue weighted by molar-refractivity contribution is 5.94. The normalized spacial score (nSPS) is 16.7. The highest BCUT2D eigenvalue weighted by Gasteiger charge is 2.37. The lowest BCUT2D eigenvalue weighted by molar-refractivity contribution is 0.0996. The van der Waals surface area contributed by atoms with Gasteiger partial charge in [-0.25, -0.2) is 4.39 Å². The van der Waals surface area contributed by atoms with Crippen molar-refractivity contribution in [2.75, 3.05) is 5.32 Å². The summed E-state index contributed by atoms with van der Waals surface area (Å²) >= 11 is 0. The molecule has 0 aliphatic heterocycles. The average Bonchev–Trinajstić information content (AvgIpc) is 2.25. The van der Waals surface area contributed by atoms with Crippen LogP contribution in [0.1, 0.15) is 29.6 Å². The van der Waals surface area contributed by atoms with E-state index in [4.69, 9.17) is 11.0 Å². The number of nitrogens with two attached hydrogens (primary N) is 1. The van der Waals surface area contributed by atoms with Gasteiger partial charge in [0.15, 0.2) is 5.82 Å². The van der Waals surface area contributed by atoms with Crippen LogP contribution in [0, 0.1) is 17.1 Å². The molecule has 17 heavy (non-hydrogen) atoms. The van der Waals surface area contributed by atoms with E-state index < -0.39 is 17.3 Å². The number of nitrogens with one attached hydrogen (secondary N) is 1. The van der Waals surface area contributed by atoms with Crippen molar-refractivity contribution in [1.29, 1.82) is 5.26 Å². The molecule has 1 aromatic carbocycles. The third kappa shape index (κ3) is 1.94. The van der Waals surface area contributed by atoms with E-state index in [0.29, 0.717) is 12.8 Å². The Morgan fingerprint density at radius 2 is 2.24 bits per heavy atom. The Balaban J connectivity index is 2.31. The van der Waals surface area contributed by atoms with E-state index in [1.807, 2.05) is 0 Å². The molecule has 1 aliphatic rings. The molecule has 0 atom stereocenters. The Kier molecular flexibility index (Phi) is 2.72. The number of anilines is 1. The maximum Gasteiger partial charge on any atom is 0.251 e. The van der Waals surface area contributed by atoms with Gasteiger partial charge in [-0.05, 0) is 31.4 Å². The van der Waals surface area contributed by atoms with Crippen molar-refractivity contribution in [1.82, 2.24) is 0 Å². The van der Waals surface area contributed by atoms with Crippen LogP contribution in [-0.4, -0.2) is 11.4 Å². The van der Waals surface area contributed by atoms with Crippen molar-refractivity contribution in [3.63, 3.8) is 0 Å². The molecule has 1 fully saturated rings. The molecule has 1 amide bonds. The molecule has 0 spiro atoms. The van der Waals surface area contributed by atoms with Gasteiger partial charge in [0.05, 0.1) is 17.3 Å². The number of carbonyl (C=O) groups excluding carboxylic acids is 1. The molecule has 0 bridgehead atoms. The molecule has 0 unspecified atom stereocenters. The van der Waals surface area contributed by atoms with Crippen LogP contribution in [0.4, 0.5) is 10.1 Å². The van der Waals surface area contributed by atoms with E-state index in [1.54, 1.807) is 0 Å². The molecule has 0 saturated heterocycles. The van der Waals surface area contributed by atoms with Gasteiger partial charge in [0, 0.05) is 0 Å². The third-order valence-electron chi connectivity index (χ3n) is 3.06. The lowest BCUT2D eigenvalue weighted by Gasteiger charge is -2.36. The second-order valence-corrected chi connectivity index (χ2v) is 4.20. The monoisotopic (exact) mass is 233 g/mol. The number of hydrogen-bond acceptors (Lipinski definition) is 3. The SMILES string of the molecule is N#CC1(Nc2cccc(C(N)=O)c2F)CCC1. The number of rotatable bonds is 3. The molecular weight excluding hydrogens is 221 g/mol. The number of amides is 1. The predicted octanol–water partition coefficient (Wildman–Crippen LogP) is 1.78. The lowest BCUT2D eigenvalue weighted by Crippen LogP contribution is -2.43. The van der Waals surface area contributed by atoms with Crippen molar-refractivity contribution < 1.29 is 9.18 Å². The Bertz CT molecular complexity index is 503. The van der Waals surface area contributed by atoms with Gasteiger partial charge in [-0.3, -0.25) is 4.79 Å². The lowest BCUT2D eigenvalue weighted by atomic mass is 9.78. The topological polar surface area (TPSA) is 78.9 Å². The van der Waals surface area contributed by atoms with Crippen LogP contribution < -0.4 is 11.1 Å². The predicted molar refractivity (Wildman–Crippen MR) is 60.7 cm³/mol. The molecule has 0 radical (unpaired) electrons. The zero-order valence-electron chi connectivity index (χ0n) is 9.16. The van der Waals surface area contributed by atoms with E-state index in [9.17, 15) is 9.18 Å². The fourth-order valence-corrected chi connectivity index (χ4v) is 1.87. The summed E-state index contributed by atoms with van der Waals surface area (Å²) < 4.78 is 13.9. The summed E-state index contributed by atoms with van der Waals surface area (Å²) in [5.41, 5.74) is 4.35. The summed E-state index contributed by atoms with van der Waals surface area (Å²) in [4.78, 5) is 11.0. The smallest absolute Gasteiger partial charge is 0.251 e. The number of carbonyl (C=O) groups is 1. The molecule has 2 rings (SSSR count). The fraction of sp³-hybridized carbons (Fsp3) is 0.333. The molecule has 3 N–H and O–H groups in total. The Labute approximate surface area is 98.2 Å². The van der Waals surface area contributed by atoms with E-state index in [-0.39, 0.29) is 11.3 Å². The van der Waals surface area contributed by atoms with Gasteiger partial charge in [0.25, 0.3) is 5.91 Å². The average molecular weight is 233 g/mol. The van der Waals surface area contributed by atoms with E-state index in [2.05, 4.69) is 11.4 Å². The molecule has 1 saturated carbocycles. The minimum absolute atomic E-state index is 0.155. The second kappa shape index (κ2) is 4.06. The molecule has 0 aromatic heterocycles. The Morgan fingerprint density at radius 3 is 2.71 bits per heavy atom. The van der Waals surface area contributed by atoms with Crippen molar-refractivity contribution in [3.8, 4) is 6.07 Å². The molecule has 4 nitrogen and oxygen atoms in total. The van der Waals surface area contributed by atoms with Gasteiger partial charge in [0.1, 0.15) is 5.54 Å². The van der Waals surface area contributed by atoms with Crippen LogP contribution in [0.25, 0.3) is 0 Å². The Hall–Kier alpha value is -2.09. The number of nitrogens with zero attached hydrogens (tertiary/aromatic N) is 1. The first kappa shape index (κ1) is 11.4. The van der Waals surface area contributed by atoms with E-state index >= 15 is 0 Å². The first-order chi connectivity index (χ1) is 8.08. The minimum atomic E-state index is -0.814. The maximum absolute atomic E-state index is 13.9. The van der Waals surface area contributed by atoms with Crippen LogP contribution in [0.2, 0.25) is 0 Å². The van der Waals surface area contributed by atoms with Gasteiger partial charge in [-0.2, -0.15) is 5.26 Å². The first-order valence-electron chi connectivity index (χ1n) is 5.36. The van der Waals surface area contributed by atoms with Crippen molar-refractivity contribution in [2.45, 2.75) is 24.8 Å². The minimum Gasteiger partial charge on any atom is -0.366 e. The first-order valence-corrected chi connectivity index (χ1v) is 5.36. The highest BCUT2D eigenvalue weighted by atomic mass is 19.1. The van der Waals surface area contributed by atoms with Gasteiger partial charge < -0.3 is 11.1 Å². The Morgan fingerprint density at radius 1 is 1.53 bits per heavy atom. The molecule has 1 aliphatic carbocycles. The van der Waals surface area contributed by atoms with Crippen molar-refractivity contribution >= 4 is 11.6 Å². The molecule has 0 heterocycles. The number of primary amides is 1. The van der Waals surface area contributed by atoms with Crippen molar-refractivity contribution in [2.24, 2.45) is 5.73 Å². The van der Waals surface area contributed by atoms with E-state index in [0.717, 1.165) is 6.42 Å². The quantitative estimate of drug-likeness (QED) is 0.835. The van der Waals surface area contributed by atoms with Gasteiger partial charge in [-0.15, -0.1) is 0 Å². The number of halogens is 1. The van der Waals surface area contributed by atoms with Gasteiger partial charge >= 0.3 is 0 Å². The number of nitriles is 1. The van der Waals surface area contributed by atoms with Crippen molar-refractivity contribution in [3.05, 3.63) is 29.6 Å². The van der Waals surface area contributed by atoms with Gasteiger partial charge in [0.2, 0.25) is 0 Å². The number of benzene rings is 1. The zero-order valence-corrected chi connectivity index (χ0v) is 9.16. The third-order valence-corrected chi connectivity index (χ3v) is 3.06. The zero-order chi connectivity index (χ0) is 12.5. The van der Waals surface area contributed by atoms with Crippen LogP contribution in [0.5, 0.6) is 0 Å². The van der Waals surface area contributed by atoms with Crippen LogP contribution in [0.15, 0.2) is 18.2 Å². The summed E-state index contributed by atoms with van der Waals surface area (Å²) in [7, 11) is 0. The largest absolute Gasteiger partial charge is 0.366 e. The van der Waals surface area contributed by atoms with Gasteiger partial charge in [-0.1, -0.05) is 6.07 Å². The summed E-state index contributed by atoms with van der Waals surface area (Å²) in [5, 5.41) is 11.9. The summed E-state index contributed by atoms with van der Waals surface area (Å²) in [5.74, 6) is -1.51. The fourth-order valence-electron chi connectivity index (χ4n) is 1.87. The summed E-state index contributed by atoms with van der Waals surface area (Å²) in [6.07, 6.45) is 2.31. The second-order valence-electron chi connectivity index (χ2n) is 4.20. The highest BCUT2D eigenvalue weighted by Crippen LogP contribution is 2.35. The molecule has 5 heteroatoms. The van der Waals surface area contributed by atoms with Crippen LogP contribution in [-0.2, 0) is 0 Å². The van der Waals surface area contributed by atoms with Crippen LogP contribution >= 0.6 is 0 Å². The molecule has 88 valence electrons. The maximum atomic E-state index is 13.9. The number of hydrogen-bond donors (Lipinski definition) is 2. The summed E-state index contributed by atoms with van der Waals surface area (Å²) in [6.45, 7) is 0. The molecule has 1 aromatic rings. The van der Waals surface area contributed by atoms with E-state index in [1.165, 1.54) is 18.2 Å². The summed E-state index contributed by atoms with van der Waals surface area (Å²) in [6, 6.07) is 6.50. The van der Waals surface area contributed by atoms with Crippen LogP contribution in [0.3, 0.4) is 0 Å². The standard InChI is InChI=1S/C12H12FN3O/c13-10-8(11(15)17)3-1-4-9(10)16-12(7-14)5-2-6-12/h1,3-4,16H,2,5-6H2,(H2,15,17).